The molecule has 0 bridgehead atoms. The Bertz CT molecular complexity index is 507. The van der Waals surface area contributed by atoms with Crippen molar-refractivity contribution in [2.45, 2.75) is 12.5 Å². The van der Waals surface area contributed by atoms with Crippen LogP contribution in [0, 0.1) is 0 Å². The predicted molar refractivity (Wildman–Crippen MR) is 56.8 cm³/mol. The molecule has 0 aliphatic carbocycles. The van der Waals surface area contributed by atoms with E-state index < -0.39 is 12.1 Å². The maximum absolute atomic E-state index is 11.0. The first kappa shape index (κ1) is 10.6. The normalized spacial score (nSPS) is 12.6. The number of aromatic nitrogens is 2. The van der Waals surface area contributed by atoms with E-state index in [4.69, 9.17) is 0 Å². The highest BCUT2D eigenvalue weighted by Crippen LogP contribution is 2.21. The minimum absolute atomic E-state index is 0.0628. The minimum Gasteiger partial charge on any atom is -0.469 e. The molecule has 0 radical (unpaired) electrons. The zero-order valence-electron chi connectivity index (χ0n) is 8.83. The molecule has 0 unspecified atom stereocenters. The van der Waals surface area contributed by atoms with Gasteiger partial charge in [-0.15, -0.1) is 0 Å². The lowest BCUT2D eigenvalue weighted by atomic mass is 10.1. The second kappa shape index (κ2) is 4.32. The number of nitrogens with zero attached hydrogens (tertiary/aromatic N) is 2. The van der Waals surface area contributed by atoms with E-state index in [1.807, 2.05) is 18.2 Å². The van der Waals surface area contributed by atoms with Crippen LogP contribution in [0.5, 0.6) is 0 Å². The molecule has 2 aromatic heterocycles. The quantitative estimate of drug-likeness (QED) is 0.781. The highest BCUT2D eigenvalue weighted by atomic mass is 16.5. The van der Waals surface area contributed by atoms with Gasteiger partial charge in [0.2, 0.25) is 0 Å². The molecule has 1 atom stereocenters. The second-order valence-corrected chi connectivity index (χ2v) is 3.43. The zero-order valence-corrected chi connectivity index (χ0v) is 8.83. The van der Waals surface area contributed by atoms with Gasteiger partial charge in [-0.25, -0.2) is 4.52 Å². The average molecular weight is 220 g/mol. The van der Waals surface area contributed by atoms with Gasteiger partial charge in [0, 0.05) is 11.8 Å². The lowest BCUT2D eigenvalue weighted by Gasteiger charge is -2.07. The molecule has 0 aliphatic rings. The molecule has 2 heterocycles. The molecule has 5 nitrogen and oxygen atoms in total. The van der Waals surface area contributed by atoms with E-state index in [0.29, 0.717) is 5.56 Å². The Morgan fingerprint density at radius 3 is 3.19 bits per heavy atom. The van der Waals surface area contributed by atoms with E-state index in [1.165, 1.54) is 7.11 Å². The summed E-state index contributed by atoms with van der Waals surface area (Å²) in [6.07, 6.45) is 2.40. The number of rotatable bonds is 3. The highest BCUT2D eigenvalue weighted by molar-refractivity contribution is 5.71. The molecule has 0 aliphatic heterocycles. The largest absolute Gasteiger partial charge is 0.469 e. The summed E-state index contributed by atoms with van der Waals surface area (Å²) in [6.45, 7) is 0. The monoisotopic (exact) mass is 220 g/mol. The van der Waals surface area contributed by atoms with Crippen molar-refractivity contribution in [3.8, 4) is 0 Å². The molecule has 16 heavy (non-hydrogen) atoms. The molecule has 2 rings (SSSR count). The molecular weight excluding hydrogens is 208 g/mol. The Hall–Kier alpha value is -1.88. The SMILES string of the molecule is COC(=O)C[C@@H](O)c1cnn2ccccc12. The van der Waals surface area contributed by atoms with Crippen molar-refractivity contribution in [3.63, 3.8) is 0 Å². The van der Waals surface area contributed by atoms with Crippen molar-refractivity contribution in [1.29, 1.82) is 0 Å². The third kappa shape index (κ3) is 1.90. The van der Waals surface area contributed by atoms with Gasteiger partial charge in [-0.3, -0.25) is 4.79 Å². The molecule has 5 heteroatoms. The molecule has 84 valence electrons. The topological polar surface area (TPSA) is 63.8 Å². The van der Waals surface area contributed by atoms with E-state index in [0.717, 1.165) is 5.52 Å². The van der Waals surface area contributed by atoms with Crippen molar-refractivity contribution in [1.82, 2.24) is 9.61 Å². The Kier molecular flexibility index (Phi) is 2.87. The van der Waals surface area contributed by atoms with Gasteiger partial charge in [-0.05, 0) is 12.1 Å². The number of methoxy groups -OCH3 is 1. The summed E-state index contributed by atoms with van der Waals surface area (Å²) < 4.78 is 6.15. The Morgan fingerprint density at radius 1 is 1.62 bits per heavy atom. The van der Waals surface area contributed by atoms with Crippen LogP contribution in [0.3, 0.4) is 0 Å². The minimum atomic E-state index is -0.882. The van der Waals surface area contributed by atoms with Crippen LogP contribution in [0.1, 0.15) is 18.1 Å². The molecule has 0 saturated carbocycles. The summed E-state index contributed by atoms with van der Waals surface area (Å²) in [4.78, 5) is 11.0. The number of hydrogen-bond acceptors (Lipinski definition) is 4. The van der Waals surface area contributed by atoms with Gasteiger partial charge in [0.15, 0.2) is 0 Å². The number of carbonyl (C=O) groups is 1. The van der Waals surface area contributed by atoms with Crippen molar-refractivity contribution in [2.24, 2.45) is 0 Å². The smallest absolute Gasteiger partial charge is 0.308 e. The zero-order chi connectivity index (χ0) is 11.5. The van der Waals surface area contributed by atoms with E-state index in [2.05, 4.69) is 9.84 Å². The van der Waals surface area contributed by atoms with E-state index in [-0.39, 0.29) is 6.42 Å². The number of carbonyl (C=O) groups excluding carboxylic acids is 1. The summed E-state index contributed by atoms with van der Waals surface area (Å²) in [7, 11) is 1.30. The van der Waals surface area contributed by atoms with Crippen LogP contribution in [-0.4, -0.2) is 27.8 Å². The highest BCUT2D eigenvalue weighted by Gasteiger charge is 2.17. The van der Waals surface area contributed by atoms with Crippen molar-refractivity contribution < 1.29 is 14.6 Å². The van der Waals surface area contributed by atoms with Gasteiger partial charge in [-0.1, -0.05) is 6.07 Å². The first-order valence-electron chi connectivity index (χ1n) is 4.89. The number of fused-ring (bicyclic) bond motifs is 1. The first-order valence-corrected chi connectivity index (χ1v) is 4.89. The Balaban J connectivity index is 2.29. The maximum Gasteiger partial charge on any atom is 0.308 e. The van der Waals surface area contributed by atoms with Gasteiger partial charge in [-0.2, -0.15) is 5.10 Å². The van der Waals surface area contributed by atoms with Crippen molar-refractivity contribution in [2.75, 3.05) is 7.11 Å². The number of pyridine rings is 1. The predicted octanol–water partition coefficient (Wildman–Crippen LogP) is 0.931. The van der Waals surface area contributed by atoms with Crippen LogP contribution in [0.2, 0.25) is 0 Å². The summed E-state index contributed by atoms with van der Waals surface area (Å²) >= 11 is 0. The molecule has 0 amide bonds. The Morgan fingerprint density at radius 2 is 2.44 bits per heavy atom. The number of hydrogen-bond donors (Lipinski definition) is 1. The van der Waals surface area contributed by atoms with Gasteiger partial charge >= 0.3 is 5.97 Å². The molecule has 2 aromatic rings. The van der Waals surface area contributed by atoms with Crippen molar-refractivity contribution in [3.05, 3.63) is 36.2 Å². The van der Waals surface area contributed by atoms with Gasteiger partial charge in [0.1, 0.15) is 0 Å². The van der Waals surface area contributed by atoms with Crippen LogP contribution >= 0.6 is 0 Å². The Labute approximate surface area is 92.3 Å². The van der Waals surface area contributed by atoms with Gasteiger partial charge < -0.3 is 9.84 Å². The van der Waals surface area contributed by atoms with Crippen LogP contribution in [0.4, 0.5) is 0 Å². The first-order chi connectivity index (χ1) is 7.72. The molecule has 0 saturated heterocycles. The van der Waals surface area contributed by atoms with E-state index in [1.54, 1.807) is 16.9 Å². The molecule has 0 spiro atoms. The van der Waals surface area contributed by atoms with Gasteiger partial charge in [0.25, 0.3) is 0 Å². The molecular formula is C11H12N2O3. The van der Waals surface area contributed by atoms with Crippen LogP contribution in [0.25, 0.3) is 5.52 Å². The van der Waals surface area contributed by atoms with Crippen LogP contribution in [0.15, 0.2) is 30.6 Å². The summed E-state index contributed by atoms with van der Waals surface area (Å²) in [6, 6.07) is 5.53. The third-order valence-electron chi connectivity index (χ3n) is 2.40. The average Bonchev–Trinajstić information content (AvgIpc) is 2.72. The van der Waals surface area contributed by atoms with Gasteiger partial charge in [0.05, 0.1) is 31.3 Å². The summed E-state index contributed by atoms with van der Waals surface area (Å²) in [5.74, 6) is -0.442. The fourth-order valence-electron chi connectivity index (χ4n) is 1.56. The van der Waals surface area contributed by atoms with Crippen LogP contribution < -0.4 is 0 Å². The lowest BCUT2D eigenvalue weighted by Crippen LogP contribution is -2.07. The number of aliphatic hydroxyl groups excluding tert-OH is 1. The number of ether oxygens (including phenoxy) is 1. The second-order valence-electron chi connectivity index (χ2n) is 3.43. The standard InChI is InChI=1S/C11H12N2O3/c1-16-11(15)6-10(14)8-7-12-13-5-3-2-4-9(8)13/h2-5,7,10,14H,6H2,1H3/t10-/m1/s1. The van der Waals surface area contributed by atoms with Crippen LogP contribution in [-0.2, 0) is 9.53 Å². The van der Waals surface area contributed by atoms with E-state index >= 15 is 0 Å². The molecule has 0 fully saturated rings. The third-order valence-corrected chi connectivity index (χ3v) is 2.40. The number of esters is 1. The van der Waals surface area contributed by atoms with E-state index in [9.17, 15) is 9.90 Å². The maximum atomic E-state index is 11.0. The number of aliphatic hydroxyl groups is 1. The fourth-order valence-corrected chi connectivity index (χ4v) is 1.56. The molecule has 0 aromatic carbocycles. The fraction of sp³-hybridized carbons (Fsp3) is 0.273. The lowest BCUT2D eigenvalue weighted by molar-refractivity contribution is -0.142. The molecule has 1 N–H and O–H groups in total. The van der Waals surface area contributed by atoms with Crippen molar-refractivity contribution >= 4 is 11.5 Å². The summed E-state index contributed by atoms with van der Waals surface area (Å²) in [5, 5.41) is 13.9. The summed E-state index contributed by atoms with van der Waals surface area (Å²) in [5.41, 5.74) is 1.42.